The number of carbonyl (C=O) groups is 1. The van der Waals surface area contributed by atoms with Crippen molar-refractivity contribution in [2.24, 2.45) is 0 Å². The minimum Gasteiger partial charge on any atom is -0.353 e. The van der Waals surface area contributed by atoms with Crippen LogP contribution >= 0.6 is 11.3 Å². The largest absolute Gasteiger partial charge is 0.353 e. The number of hydrogen-bond donors (Lipinski definition) is 0. The van der Waals surface area contributed by atoms with Gasteiger partial charge in [-0.25, -0.2) is 15.0 Å². The Balaban J connectivity index is 1.35. The fraction of sp³-hybridized carbons (Fsp3) is 0.440. The Hall–Kier alpha value is -2.80. The number of thiazole rings is 1. The van der Waals surface area contributed by atoms with Crippen LogP contribution in [0, 0.1) is 6.92 Å². The van der Waals surface area contributed by atoms with Crippen molar-refractivity contribution in [1.29, 1.82) is 0 Å². The number of nitrogens with zero attached hydrogens (tertiary/aromatic N) is 5. The Bertz CT molecular complexity index is 1070. The van der Waals surface area contributed by atoms with Crippen molar-refractivity contribution in [3.05, 3.63) is 58.5 Å². The van der Waals surface area contributed by atoms with Crippen molar-refractivity contribution < 1.29 is 4.79 Å². The van der Waals surface area contributed by atoms with Gasteiger partial charge in [0.1, 0.15) is 16.6 Å². The molecule has 1 saturated heterocycles. The lowest BCUT2D eigenvalue weighted by atomic mass is 10.1. The summed E-state index contributed by atoms with van der Waals surface area (Å²) in [5.74, 6) is 2.28. The molecule has 1 fully saturated rings. The number of rotatable bonds is 6. The first-order valence-electron chi connectivity index (χ1n) is 11.3. The summed E-state index contributed by atoms with van der Waals surface area (Å²) in [5, 5.41) is 2.98. The van der Waals surface area contributed by atoms with Gasteiger partial charge in [-0.15, -0.1) is 11.3 Å². The number of aromatic nitrogens is 3. The van der Waals surface area contributed by atoms with E-state index in [0.29, 0.717) is 25.4 Å². The lowest BCUT2D eigenvalue weighted by Crippen LogP contribution is -2.49. The van der Waals surface area contributed by atoms with Crippen LogP contribution in [0.15, 0.2) is 35.7 Å². The van der Waals surface area contributed by atoms with E-state index in [4.69, 9.17) is 9.97 Å². The van der Waals surface area contributed by atoms with Crippen LogP contribution in [0.2, 0.25) is 0 Å². The number of benzene rings is 1. The summed E-state index contributed by atoms with van der Waals surface area (Å²) in [6.07, 6.45) is 1.38. The van der Waals surface area contributed by atoms with E-state index in [1.807, 2.05) is 23.3 Å². The number of amides is 1. The van der Waals surface area contributed by atoms with Crippen LogP contribution in [0.25, 0.3) is 10.6 Å². The fourth-order valence-corrected chi connectivity index (χ4v) is 4.68. The monoisotopic (exact) mass is 449 g/mol. The molecule has 1 amide bonds. The summed E-state index contributed by atoms with van der Waals surface area (Å²) in [6.45, 7) is 11.4. The van der Waals surface area contributed by atoms with Gasteiger partial charge >= 0.3 is 0 Å². The number of anilines is 1. The molecule has 32 heavy (non-hydrogen) atoms. The predicted molar refractivity (Wildman–Crippen MR) is 130 cm³/mol. The molecule has 0 radical (unpaired) electrons. The Kier molecular flexibility index (Phi) is 6.84. The van der Waals surface area contributed by atoms with Crippen molar-refractivity contribution >= 4 is 23.1 Å². The number of aryl methyl sites for hydroxylation is 2. The second-order valence-corrected chi connectivity index (χ2v) is 9.48. The zero-order valence-corrected chi connectivity index (χ0v) is 20.2. The van der Waals surface area contributed by atoms with Crippen molar-refractivity contribution in [2.45, 2.75) is 46.5 Å². The maximum Gasteiger partial charge on any atom is 0.228 e. The molecule has 0 aliphatic carbocycles. The Morgan fingerprint density at radius 1 is 1.06 bits per heavy atom. The average molecular weight is 450 g/mol. The molecule has 2 aromatic heterocycles. The summed E-state index contributed by atoms with van der Waals surface area (Å²) in [4.78, 5) is 31.1. The molecule has 4 rings (SSSR count). The van der Waals surface area contributed by atoms with Crippen molar-refractivity contribution in [1.82, 2.24) is 19.9 Å². The van der Waals surface area contributed by atoms with Gasteiger partial charge in [-0.05, 0) is 18.9 Å². The Morgan fingerprint density at radius 3 is 2.44 bits per heavy atom. The van der Waals surface area contributed by atoms with Crippen molar-refractivity contribution in [3.63, 3.8) is 0 Å². The lowest BCUT2D eigenvalue weighted by molar-refractivity contribution is -0.130. The molecule has 1 aliphatic heterocycles. The van der Waals surface area contributed by atoms with Crippen LogP contribution in [0.1, 0.15) is 49.5 Å². The normalized spacial score (nSPS) is 14.3. The molecule has 7 heteroatoms. The SMILES string of the molecule is CCc1ccc(-c2nc(CC(=O)N3CCN(c4cc(C)nc(C(C)C)n4)CC3)cs2)cc1. The summed E-state index contributed by atoms with van der Waals surface area (Å²) in [5.41, 5.74) is 4.27. The van der Waals surface area contributed by atoms with E-state index in [2.05, 4.69) is 54.9 Å². The molecule has 1 aliphatic rings. The maximum absolute atomic E-state index is 12.9. The molecule has 0 atom stereocenters. The zero-order chi connectivity index (χ0) is 22.7. The molecular weight excluding hydrogens is 418 g/mol. The second-order valence-electron chi connectivity index (χ2n) is 8.62. The quantitative estimate of drug-likeness (QED) is 0.555. The third-order valence-corrected chi connectivity index (χ3v) is 6.76. The average Bonchev–Trinajstić information content (AvgIpc) is 3.27. The van der Waals surface area contributed by atoms with E-state index in [1.165, 1.54) is 5.56 Å². The van der Waals surface area contributed by atoms with Crippen LogP contribution in [0.5, 0.6) is 0 Å². The molecule has 0 unspecified atom stereocenters. The minimum atomic E-state index is 0.143. The molecular formula is C25H31N5OS. The molecule has 168 valence electrons. The third-order valence-electron chi connectivity index (χ3n) is 5.82. The molecule has 1 aromatic carbocycles. The summed E-state index contributed by atoms with van der Waals surface area (Å²) in [6, 6.07) is 10.5. The fourth-order valence-electron chi connectivity index (χ4n) is 3.85. The molecule has 0 spiro atoms. The van der Waals surface area contributed by atoms with Gasteiger partial charge in [0.25, 0.3) is 0 Å². The van der Waals surface area contributed by atoms with Gasteiger partial charge in [0.05, 0.1) is 12.1 Å². The van der Waals surface area contributed by atoms with Crippen LogP contribution in [0.3, 0.4) is 0 Å². The van der Waals surface area contributed by atoms with Gasteiger partial charge in [-0.3, -0.25) is 4.79 Å². The number of piperazine rings is 1. The highest BCUT2D eigenvalue weighted by molar-refractivity contribution is 7.13. The molecule has 0 bridgehead atoms. The van der Waals surface area contributed by atoms with Gasteiger partial charge in [0.15, 0.2) is 0 Å². The smallest absolute Gasteiger partial charge is 0.228 e. The molecule has 3 aromatic rings. The van der Waals surface area contributed by atoms with E-state index in [-0.39, 0.29) is 5.91 Å². The zero-order valence-electron chi connectivity index (χ0n) is 19.3. The van der Waals surface area contributed by atoms with Crippen LogP contribution in [-0.4, -0.2) is 51.9 Å². The Morgan fingerprint density at radius 2 is 1.78 bits per heavy atom. The second kappa shape index (κ2) is 9.77. The first-order chi connectivity index (χ1) is 15.4. The lowest BCUT2D eigenvalue weighted by Gasteiger charge is -2.35. The van der Waals surface area contributed by atoms with E-state index < -0.39 is 0 Å². The van der Waals surface area contributed by atoms with Crippen LogP contribution in [-0.2, 0) is 17.6 Å². The summed E-state index contributed by atoms with van der Waals surface area (Å²) in [7, 11) is 0. The van der Waals surface area contributed by atoms with Gasteiger partial charge in [-0.2, -0.15) is 0 Å². The highest BCUT2D eigenvalue weighted by atomic mass is 32.1. The molecule has 0 saturated carbocycles. The van der Waals surface area contributed by atoms with E-state index >= 15 is 0 Å². The maximum atomic E-state index is 12.9. The van der Waals surface area contributed by atoms with Gasteiger partial charge in [0, 0.05) is 54.8 Å². The third kappa shape index (κ3) is 5.15. The van der Waals surface area contributed by atoms with Crippen molar-refractivity contribution in [3.8, 4) is 10.6 Å². The molecule has 0 N–H and O–H groups in total. The van der Waals surface area contributed by atoms with Crippen molar-refractivity contribution in [2.75, 3.05) is 31.1 Å². The van der Waals surface area contributed by atoms with E-state index in [1.54, 1.807) is 11.3 Å². The standard InChI is InChI=1S/C25H31N5OS/c1-5-19-6-8-20(9-7-19)25-27-21(16-32-25)15-23(31)30-12-10-29(11-13-30)22-14-18(4)26-24(28-22)17(2)3/h6-9,14,16-17H,5,10-13,15H2,1-4H3. The molecule has 3 heterocycles. The first kappa shape index (κ1) is 22.4. The highest BCUT2D eigenvalue weighted by Crippen LogP contribution is 2.25. The summed E-state index contributed by atoms with van der Waals surface area (Å²) < 4.78 is 0. The van der Waals surface area contributed by atoms with E-state index in [9.17, 15) is 4.79 Å². The van der Waals surface area contributed by atoms with E-state index in [0.717, 1.165) is 53.1 Å². The summed E-state index contributed by atoms with van der Waals surface area (Å²) >= 11 is 1.60. The van der Waals surface area contributed by atoms with Gasteiger partial charge in [0.2, 0.25) is 5.91 Å². The molecule has 6 nitrogen and oxygen atoms in total. The van der Waals surface area contributed by atoms with Gasteiger partial charge < -0.3 is 9.80 Å². The first-order valence-corrected chi connectivity index (χ1v) is 12.2. The number of carbonyl (C=O) groups excluding carboxylic acids is 1. The highest BCUT2D eigenvalue weighted by Gasteiger charge is 2.23. The van der Waals surface area contributed by atoms with Gasteiger partial charge in [-0.1, -0.05) is 45.0 Å². The number of hydrogen-bond acceptors (Lipinski definition) is 6. The predicted octanol–water partition coefficient (Wildman–Crippen LogP) is 4.49. The Labute approximate surface area is 194 Å². The minimum absolute atomic E-state index is 0.143. The topological polar surface area (TPSA) is 62.2 Å². The van der Waals surface area contributed by atoms with Crippen LogP contribution in [0.4, 0.5) is 5.82 Å². The van der Waals surface area contributed by atoms with Crippen LogP contribution < -0.4 is 4.90 Å².